The summed E-state index contributed by atoms with van der Waals surface area (Å²) in [5.41, 5.74) is -0.542. The molecule has 2 fully saturated rings. The summed E-state index contributed by atoms with van der Waals surface area (Å²) in [7, 11) is 0. The van der Waals surface area contributed by atoms with Crippen LogP contribution < -0.4 is 0 Å². The van der Waals surface area contributed by atoms with Crippen LogP contribution in [0.15, 0.2) is 24.3 Å². The number of carboxylic acid groups (broad SMARTS) is 1. The quantitative estimate of drug-likeness (QED) is 0.886. The number of rotatable bonds is 4. The Kier molecular flexibility index (Phi) is 5.32. The third-order valence-corrected chi connectivity index (χ3v) is 5.38. The zero-order valence-corrected chi connectivity index (χ0v) is 15.0. The number of nitrogens with zero attached hydrogens (tertiary/aromatic N) is 2. The highest BCUT2D eigenvalue weighted by Crippen LogP contribution is 2.39. The molecule has 2 aliphatic rings. The number of benzene rings is 1. The molecule has 1 atom stereocenters. The standard InChI is InChI=1S/C18H23ClN2O4/c1-2-9-20-10-7-18(8-11-20)21(15(12-25-18)17(23)24)16(22)13-5-3-4-6-14(13)19/h3-6,15H,2,7-12H2,1H3,(H,23,24)/t15-/m1/s1. The van der Waals surface area contributed by atoms with E-state index in [2.05, 4.69) is 11.8 Å². The van der Waals surface area contributed by atoms with Gasteiger partial charge in [-0.05, 0) is 25.1 Å². The lowest BCUT2D eigenvalue weighted by Crippen LogP contribution is -2.58. The zero-order chi connectivity index (χ0) is 18.0. The van der Waals surface area contributed by atoms with E-state index >= 15 is 0 Å². The predicted molar refractivity (Wildman–Crippen MR) is 93.7 cm³/mol. The molecule has 0 bridgehead atoms. The summed E-state index contributed by atoms with van der Waals surface area (Å²) in [6, 6.07) is 5.75. The first kappa shape index (κ1) is 18.2. The molecule has 1 aromatic carbocycles. The molecule has 0 saturated carbocycles. The number of halogens is 1. The molecule has 0 unspecified atom stereocenters. The van der Waals surface area contributed by atoms with Crippen molar-refractivity contribution in [3.05, 3.63) is 34.9 Å². The first-order valence-corrected chi connectivity index (χ1v) is 9.03. The average molecular weight is 367 g/mol. The maximum Gasteiger partial charge on any atom is 0.328 e. The van der Waals surface area contributed by atoms with Crippen molar-refractivity contribution >= 4 is 23.5 Å². The Morgan fingerprint density at radius 3 is 2.60 bits per heavy atom. The molecule has 136 valence electrons. The largest absolute Gasteiger partial charge is 0.480 e. The first-order valence-electron chi connectivity index (χ1n) is 8.66. The van der Waals surface area contributed by atoms with Crippen molar-refractivity contribution in [3.63, 3.8) is 0 Å². The lowest BCUT2D eigenvalue weighted by atomic mass is 9.96. The Bertz CT molecular complexity index is 658. The van der Waals surface area contributed by atoms with Crippen LogP contribution in [0.25, 0.3) is 0 Å². The third-order valence-electron chi connectivity index (χ3n) is 5.05. The van der Waals surface area contributed by atoms with Crippen molar-refractivity contribution in [2.24, 2.45) is 0 Å². The van der Waals surface area contributed by atoms with Crippen molar-refractivity contribution in [1.29, 1.82) is 0 Å². The molecule has 0 aromatic heterocycles. The molecule has 1 spiro atoms. The van der Waals surface area contributed by atoms with Crippen LogP contribution in [0.4, 0.5) is 0 Å². The molecule has 1 aromatic rings. The summed E-state index contributed by atoms with van der Waals surface area (Å²) in [6.45, 7) is 4.71. The second-order valence-corrected chi connectivity index (χ2v) is 7.02. The molecular weight excluding hydrogens is 344 g/mol. The summed E-state index contributed by atoms with van der Waals surface area (Å²) < 4.78 is 5.93. The molecule has 0 aliphatic carbocycles. The first-order chi connectivity index (χ1) is 12.0. The van der Waals surface area contributed by atoms with Gasteiger partial charge in [0.2, 0.25) is 0 Å². The minimum Gasteiger partial charge on any atom is -0.480 e. The highest BCUT2D eigenvalue weighted by Gasteiger charge is 2.54. The van der Waals surface area contributed by atoms with E-state index < -0.39 is 17.7 Å². The summed E-state index contributed by atoms with van der Waals surface area (Å²) in [4.78, 5) is 28.6. The summed E-state index contributed by atoms with van der Waals surface area (Å²) in [5, 5.41) is 9.90. The second kappa shape index (κ2) is 7.32. The monoisotopic (exact) mass is 366 g/mol. The van der Waals surface area contributed by atoms with E-state index in [-0.39, 0.29) is 12.5 Å². The number of carboxylic acids is 1. The van der Waals surface area contributed by atoms with E-state index in [1.54, 1.807) is 24.3 Å². The summed E-state index contributed by atoms with van der Waals surface area (Å²) >= 11 is 6.17. The van der Waals surface area contributed by atoms with Gasteiger partial charge in [-0.15, -0.1) is 0 Å². The summed E-state index contributed by atoms with van der Waals surface area (Å²) in [6.07, 6.45) is 2.27. The van der Waals surface area contributed by atoms with E-state index in [4.69, 9.17) is 16.3 Å². The van der Waals surface area contributed by atoms with Gasteiger partial charge >= 0.3 is 5.97 Å². The Morgan fingerprint density at radius 2 is 2.00 bits per heavy atom. The lowest BCUT2D eigenvalue weighted by molar-refractivity contribution is -0.143. The number of piperidine rings is 1. The van der Waals surface area contributed by atoms with Crippen LogP contribution in [0.3, 0.4) is 0 Å². The van der Waals surface area contributed by atoms with Crippen molar-refractivity contribution < 1.29 is 19.4 Å². The molecule has 2 saturated heterocycles. The van der Waals surface area contributed by atoms with Gasteiger partial charge in [0, 0.05) is 25.9 Å². The maximum absolute atomic E-state index is 13.1. The molecule has 1 amide bonds. The van der Waals surface area contributed by atoms with Gasteiger partial charge in [0.25, 0.3) is 5.91 Å². The van der Waals surface area contributed by atoms with Crippen LogP contribution in [0, 0.1) is 0 Å². The van der Waals surface area contributed by atoms with E-state index in [9.17, 15) is 14.7 Å². The summed E-state index contributed by atoms with van der Waals surface area (Å²) in [5.74, 6) is -1.42. The van der Waals surface area contributed by atoms with Crippen molar-refractivity contribution in [1.82, 2.24) is 9.80 Å². The Hall–Kier alpha value is -1.63. The van der Waals surface area contributed by atoms with E-state index in [0.29, 0.717) is 23.4 Å². The predicted octanol–water partition coefficient (Wildman–Crippen LogP) is 2.47. The Morgan fingerprint density at radius 1 is 1.32 bits per heavy atom. The van der Waals surface area contributed by atoms with Gasteiger partial charge in [0.15, 0.2) is 6.04 Å². The molecule has 2 heterocycles. The van der Waals surface area contributed by atoms with Gasteiger partial charge < -0.3 is 14.7 Å². The zero-order valence-electron chi connectivity index (χ0n) is 14.3. The number of hydrogen-bond acceptors (Lipinski definition) is 4. The third kappa shape index (κ3) is 3.38. The van der Waals surface area contributed by atoms with Crippen LogP contribution in [-0.2, 0) is 9.53 Å². The number of carbonyl (C=O) groups is 2. The Balaban J connectivity index is 1.90. The number of aliphatic carboxylic acids is 1. The van der Waals surface area contributed by atoms with Gasteiger partial charge in [0.1, 0.15) is 5.72 Å². The smallest absolute Gasteiger partial charge is 0.328 e. The fourth-order valence-electron chi connectivity index (χ4n) is 3.76. The van der Waals surface area contributed by atoms with Gasteiger partial charge in [0.05, 0.1) is 17.2 Å². The van der Waals surface area contributed by atoms with E-state index in [0.717, 1.165) is 26.1 Å². The topological polar surface area (TPSA) is 70.1 Å². The number of likely N-dealkylation sites (tertiary alicyclic amines) is 1. The maximum atomic E-state index is 13.1. The molecule has 3 rings (SSSR count). The fraction of sp³-hybridized carbons (Fsp3) is 0.556. The normalized spacial score (nSPS) is 23.1. The van der Waals surface area contributed by atoms with Crippen LogP contribution in [0.2, 0.25) is 5.02 Å². The van der Waals surface area contributed by atoms with Gasteiger partial charge in [-0.1, -0.05) is 30.7 Å². The van der Waals surface area contributed by atoms with Crippen molar-refractivity contribution in [3.8, 4) is 0 Å². The minimum atomic E-state index is -1.05. The molecule has 7 heteroatoms. The number of hydrogen-bond donors (Lipinski definition) is 1. The van der Waals surface area contributed by atoms with E-state index in [1.165, 1.54) is 4.90 Å². The molecule has 0 radical (unpaired) electrons. The van der Waals surface area contributed by atoms with Gasteiger partial charge in [-0.25, -0.2) is 4.79 Å². The highest BCUT2D eigenvalue weighted by molar-refractivity contribution is 6.33. The van der Waals surface area contributed by atoms with E-state index in [1.807, 2.05) is 0 Å². The van der Waals surface area contributed by atoms with Crippen LogP contribution in [0.1, 0.15) is 36.5 Å². The fourth-order valence-corrected chi connectivity index (χ4v) is 3.98. The molecular formula is C18H23ClN2O4. The van der Waals surface area contributed by atoms with Gasteiger partial charge in [-0.2, -0.15) is 0 Å². The van der Waals surface area contributed by atoms with Crippen molar-refractivity contribution in [2.75, 3.05) is 26.2 Å². The SMILES string of the molecule is CCCN1CCC2(CC1)OC[C@H](C(=O)O)N2C(=O)c1ccccc1Cl. The average Bonchev–Trinajstić information content (AvgIpc) is 2.96. The molecule has 6 nitrogen and oxygen atoms in total. The number of ether oxygens (including phenoxy) is 1. The molecule has 1 N–H and O–H groups in total. The van der Waals surface area contributed by atoms with Crippen molar-refractivity contribution in [2.45, 2.75) is 38.0 Å². The highest BCUT2D eigenvalue weighted by atomic mass is 35.5. The molecule has 25 heavy (non-hydrogen) atoms. The van der Waals surface area contributed by atoms with Crippen LogP contribution in [0.5, 0.6) is 0 Å². The van der Waals surface area contributed by atoms with Gasteiger partial charge in [-0.3, -0.25) is 9.69 Å². The minimum absolute atomic E-state index is 0.0132. The van der Waals surface area contributed by atoms with Crippen LogP contribution in [-0.4, -0.2) is 64.8 Å². The number of carbonyl (C=O) groups excluding carboxylic acids is 1. The molecule has 2 aliphatic heterocycles. The second-order valence-electron chi connectivity index (χ2n) is 6.61. The number of amides is 1. The lowest BCUT2D eigenvalue weighted by Gasteiger charge is -2.44. The van der Waals surface area contributed by atoms with Crippen LogP contribution >= 0.6 is 11.6 Å². The Labute approximate surface area is 152 Å².